The van der Waals surface area contributed by atoms with Crippen molar-refractivity contribution in [3.63, 3.8) is 0 Å². The summed E-state index contributed by atoms with van der Waals surface area (Å²) in [6.07, 6.45) is 0.697. The Kier molecular flexibility index (Phi) is 9.04. The van der Waals surface area contributed by atoms with E-state index in [2.05, 4.69) is 5.32 Å². The summed E-state index contributed by atoms with van der Waals surface area (Å²) >= 11 is 6.19. The molecule has 1 atom stereocenters. The van der Waals surface area contributed by atoms with Crippen LogP contribution in [0.25, 0.3) is 0 Å². The van der Waals surface area contributed by atoms with Gasteiger partial charge in [-0.2, -0.15) is 0 Å². The number of benzene rings is 3. The topological polar surface area (TPSA) is 104 Å². The molecule has 3 aromatic rings. The second kappa shape index (κ2) is 12.4. The van der Waals surface area contributed by atoms with Gasteiger partial charge in [0.1, 0.15) is 10.9 Å². The molecular weight excluding hydrogens is 538 g/mol. The molecule has 10 heteroatoms. The number of halogens is 1. The van der Waals surface area contributed by atoms with Gasteiger partial charge in [-0.3, -0.25) is 14.4 Å². The van der Waals surface area contributed by atoms with Gasteiger partial charge in [0, 0.05) is 37.5 Å². The van der Waals surface area contributed by atoms with Crippen molar-refractivity contribution in [3.8, 4) is 0 Å². The van der Waals surface area contributed by atoms with Crippen molar-refractivity contribution in [1.29, 1.82) is 0 Å². The number of sulfonamides is 1. The van der Waals surface area contributed by atoms with Crippen LogP contribution in [0.2, 0.25) is 5.02 Å². The Labute approximate surface area is 233 Å². The maximum atomic E-state index is 13.8. The Morgan fingerprint density at radius 2 is 1.67 bits per heavy atom. The lowest BCUT2D eigenvalue weighted by molar-refractivity contribution is -0.141. The molecule has 204 valence electrons. The summed E-state index contributed by atoms with van der Waals surface area (Å²) in [5.74, 6) is -1.43. The van der Waals surface area contributed by atoms with Crippen molar-refractivity contribution < 1.29 is 22.8 Å². The maximum Gasteiger partial charge on any atom is 0.269 e. The first-order valence-electron chi connectivity index (χ1n) is 12.7. The number of amides is 3. The van der Waals surface area contributed by atoms with Crippen molar-refractivity contribution in [2.45, 2.75) is 43.7 Å². The van der Waals surface area contributed by atoms with E-state index in [1.54, 1.807) is 36.4 Å². The van der Waals surface area contributed by atoms with E-state index in [1.165, 1.54) is 17.0 Å². The highest BCUT2D eigenvalue weighted by Crippen LogP contribution is 2.30. The van der Waals surface area contributed by atoms with Gasteiger partial charge in [0.2, 0.25) is 11.8 Å². The number of carbonyl (C=O) groups excluding carboxylic acids is 3. The zero-order valence-electron chi connectivity index (χ0n) is 21.5. The van der Waals surface area contributed by atoms with E-state index < -0.39 is 27.9 Å². The van der Waals surface area contributed by atoms with Crippen LogP contribution in [0.5, 0.6) is 0 Å². The van der Waals surface area contributed by atoms with Gasteiger partial charge in [-0.1, -0.05) is 73.1 Å². The normalized spacial score (nSPS) is 14.5. The summed E-state index contributed by atoms with van der Waals surface area (Å²) in [4.78, 5) is 41.4. The van der Waals surface area contributed by atoms with Crippen molar-refractivity contribution in [1.82, 2.24) is 14.5 Å². The minimum atomic E-state index is -4.06. The summed E-state index contributed by atoms with van der Waals surface area (Å²) < 4.78 is 26.7. The molecule has 0 aromatic heterocycles. The molecule has 1 N–H and O–H groups in total. The first-order valence-corrected chi connectivity index (χ1v) is 14.6. The lowest BCUT2D eigenvalue weighted by Gasteiger charge is -2.32. The number of nitrogens with one attached hydrogen (secondary N) is 1. The number of hydrogen-bond donors (Lipinski definition) is 1. The van der Waals surface area contributed by atoms with Crippen LogP contribution in [0.1, 0.15) is 41.3 Å². The minimum absolute atomic E-state index is 0.0702. The van der Waals surface area contributed by atoms with Crippen LogP contribution in [-0.2, 0) is 32.6 Å². The fourth-order valence-corrected chi connectivity index (χ4v) is 6.33. The fourth-order valence-electron chi connectivity index (χ4n) is 4.54. The molecule has 0 spiro atoms. The zero-order valence-corrected chi connectivity index (χ0v) is 23.1. The SMILES string of the molecule is CCCNC(=O)[C@@H](Cc1ccccc1)N(Cc1cccc(Cl)c1)C(=O)CCN1C(=O)c2ccccc2S1(=O)=O. The van der Waals surface area contributed by atoms with E-state index in [0.29, 0.717) is 11.6 Å². The van der Waals surface area contributed by atoms with Crippen molar-refractivity contribution in [3.05, 3.63) is 101 Å². The molecule has 0 saturated carbocycles. The number of fused-ring (bicyclic) bond motifs is 1. The molecule has 4 rings (SSSR count). The Bertz CT molecular complexity index is 1460. The van der Waals surface area contributed by atoms with Gasteiger partial charge >= 0.3 is 0 Å². The molecule has 0 saturated heterocycles. The Morgan fingerprint density at radius 3 is 2.36 bits per heavy atom. The van der Waals surface area contributed by atoms with E-state index in [4.69, 9.17) is 11.6 Å². The monoisotopic (exact) mass is 567 g/mol. The molecule has 1 aliphatic heterocycles. The third-order valence-corrected chi connectivity index (χ3v) is 8.58. The quantitative estimate of drug-likeness (QED) is 0.377. The molecular formula is C29H30ClN3O5S. The molecule has 39 heavy (non-hydrogen) atoms. The Morgan fingerprint density at radius 1 is 0.974 bits per heavy atom. The molecule has 0 fully saturated rings. The van der Waals surface area contributed by atoms with Gasteiger partial charge in [0.15, 0.2) is 0 Å². The van der Waals surface area contributed by atoms with E-state index >= 15 is 0 Å². The van der Waals surface area contributed by atoms with Crippen LogP contribution in [0.15, 0.2) is 83.8 Å². The lowest BCUT2D eigenvalue weighted by Crippen LogP contribution is -2.51. The third kappa shape index (κ3) is 6.49. The average Bonchev–Trinajstić information content (AvgIpc) is 3.13. The number of carbonyl (C=O) groups is 3. The van der Waals surface area contributed by atoms with Crippen molar-refractivity contribution in [2.75, 3.05) is 13.1 Å². The van der Waals surface area contributed by atoms with Gasteiger partial charge in [-0.25, -0.2) is 12.7 Å². The highest BCUT2D eigenvalue weighted by atomic mass is 35.5. The van der Waals surface area contributed by atoms with E-state index in [-0.39, 0.29) is 42.3 Å². The molecule has 0 aliphatic carbocycles. The van der Waals surface area contributed by atoms with Crippen molar-refractivity contribution >= 4 is 39.3 Å². The molecule has 0 unspecified atom stereocenters. The van der Waals surface area contributed by atoms with Crippen LogP contribution in [0.4, 0.5) is 0 Å². The third-order valence-electron chi connectivity index (χ3n) is 6.50. The summed E-state index contributed by atoms with van der Waals surface area (Å²) in [6, 6.07) is 21.5. The van der Waals surface area contributed by atoms with Gasteiger partial charge in [-0.05, 0) is 41.8 Å². The first-order chi connectivity index (χ1) is 18.7. The number of hydrogen-bond acceptors (Lipinski definition) is 5. The van der Waals surface area contributed by atoms with Crippen LogP contribution < -0.4 is 5.32 Å². The zero-order chi connectivity index (χ0) is 28.0. The Hall–Kier alpha value is -3.69. The van der Waals surface area contributed by atoms with Crippen LogP contribution in [0, 0.1) is 0 Å². The summed E-state index contributed by atoms with van der Waals surface area (Å²) in [6.45, 7) is 2.13. The predicted octanol–water partition coefficient (Wildman–Crippen LogP) is 4.04. The molecule has 0 bridgehead atoms. The summed E-state index contributed by atoms with van der Waals surface area (Å²) in [5, 5.41) is 3.38. The summed E-state index contributed by atoms with van der Waals surface area (Å²) in [5.41, 5.74) is 1.67. The average molecular weight is 568 g/mol. The number of rotatable bonds is 11. The first kappa shape index (κ1) is 28.3. The van der Waals surface area contributed by atoms with Crippen molar-refractivity contribution in [2.24, 2.45) is 0 Å². The maximum absolute atomic E-state index is 13.8. The van der Waals surface area contributed by atoms with Gasteiger partial charge in [0.05, 0.1) is 5.56 Å². The second-order valence-electron chi connectivity index (χ2n) is 9.28. The standard InChI is InChI=1S/C29H30ClN3O5S/c1-2-16-31-28(35)25(19-21-9-4-3-5-10-21)32(20-22-11-8-12-23(30)18-22)27(34)15-17-33-29(36)24-13-6-7-14-26(24)39(33,37)38/h3-14,18,25H,2,15-17,19-20H2,1H3,(H,31,35)/t25-/m1/s1. The van der Waals surface area contributed by atoms with Crippen LogP contribution in [-0.4, -0.2) is 54.5 Å². The van der Waals surface area contributed by atoms with Gasteiger partial charge in [-0.15, -0.1) is 0 Å². The predicted molar refractivity (Wildman–Crippen MR) is 149 cm³/mol. The van der Waals surface area contributed by atoms with E-state index in [0.717, 1.165) is 21.9 Å². The van der Waals surface area contributed by atoms with E-state index in [1.807, 2.05) is 37.3 Å². The summed E-state index contributed by atoms with van der Waals surface area (Å²) in [7, 11) is -4.06. The van der Waals surface area contributed by atoms with Gasteiger partial charge in [0.25, 0.3) is 15.9 Å². The molecule has 1 aliphatic rings. The van der Waals surface area contributed by atoms with E-state index in [9.17, 15) is 22.8 Å². The molecule has 0 radical (unpaired) electrons. The Balaban J connectivity index is 1.63. The molecule has 1 heterocycles. The molecule has 3 amide bonds. The highest BCUT2D eigenvalue weighted by Gasteiger charge is 2.41. The fraction of sp³-hybridized carbons (Fsp3) is 0.276. The molecule has 3 aromatic carbocycles. The second-order valence-corrected chi connectivity index (χ2v) is 11.5. The smallest absolute Gasteiger partial charge is 0.269 e. The van der Waals surface area contributed by atoms with Crippen LogP contribution >= 0.6 is 11.6 Å². The minimum Gasteiger partial charge on any atom is -0.354 e. The lowest BCUT2D eigenvalue weighted by atomic mass is 10.0. The highest BCUT2D eigenvalue weighted by molar-refractivity contribution is 7.90. The number of nitrogens with zero attached hydrogens (tertiary/aromatic N) is 2. The van der Waals surface area contributed by atoms with Gasteiger partial charge < -0.3 is 10.2 Å². The largest absolute Gasteiger partial charge is 0.354 e. The van der Waals surface area contributed by atoms with Crippen LogP contribution in [0.3, 0.4) is 0 Å². The molecule has 8 nitrogen and oxygen atoms in total.